The van der Waals surface area contributed by atoms with Crippen LogP contribution in [0.15, 0.2) is 0 Å². The number of ketones is 2. The van der Waals surface area contributed by atoms with E-state index < -0.39 is 0 Å². The van der Waals surface area contributed by atoms with E-state index in [2.05, 4.69) is 13.8 Å². The Morgan fingerprint density at radius 3 is 2.50 bits per heavy atom. The summed E-state index contributed by atoms with van der Waals surface area (Å²) in [4.78, 5) is 23.5. The van der Waals surface area contributed by atoms with Crippen molar-refractivity contribution < 1.29 is 9.59 Å². The van der Waals surface area contributed by atoms with Gasteiger partial charge in [-0.1, -0.05) is 20.8 Å². The molecule has 3 unspecified atom stereocenters. The van der Waals surface area contributed by atoms with Crippen molar-refractivity contribution >= 4 is 11.6 Å². The molecule has 14 heavy (non-hydrogen) atoms. The second kappa shape index (κ2) is 2.47. The van der Waals surface area contributed by atoms with Gasteiger partial charge in [-0.25, -0.2) is 0 Å². The Labute approximate surface area is 85.1 Å². The molecule has 3 atom stereocenters. The Morgan fingerprint density at radius 1 is 1.43 bits per heavy atom. The standard InChI is InChI=1S/C12H18O2/c1-7-10-9(14)5-11(3,4)6-12(7,10)8(2)13/h7,10H,5-6H2,1-4H3. The number of hydrogen-bond acceptors (Lipinski definition) is 2. The van der Waals surface area contributed by atoms with E-state index in [1.54, 1.807) is 6.92 Å². The smallest absolute Gasteiger partial charge is 0.137 e. The maximum Gasteiger partial charge on any atom is 0.137 e. The van der Waals surface area contributed by atoms with Crippen LogP contribution in [0, 0.1) is 22.7 Å². The van der Waals surface area contributed by atoms with E-state index in [9.17, 15) is 9.59 Å². The van der Waals surface area contributed by atoms with Gasteiger partial charge >= 0.3 is 0 Å². The lowest BCUT2D eigenvalue weighted by Crippen LogP contribution is -2.34. The lowest BCUT2D eigenvalue weighted by molar-refractivity contribution is -0.133. The monoisotopic (exact) mass is 194 g/mol. The zero-order chi connectivity index (χ0) is 10.7. The van der Waals surface area contributed by atoms with Crippen LogP contribution in [-0.4, -0.2) is 11.6 Å². The summed E-state index contributed by atoms with van der Waals surface area (Å²) in [5.74, 6) is 0.863. The molecule has 2 nitrogen and oxygen atoms in total. The largest absolute Gasteiger partial charge is 0.299 e. The van der Waals surface area contributed by atoms with Crippen molar-refractivity contribution in [3.63, 3.8) is 0 Å². The molecule has 2 heteroatoms. The third kappa shape index (κ3) is 1.03. The maximum absolute atomic E-state index is 11.8. The highest BCUT2D eigenvalue weighted by Crippen LogP contribution is 2.68. The first-order chi connectivity index (χ1) is 6.31. The lowest BCUT2D eigenvalue weighted by Gasteiger charge is -2.33. The molecular formula is C12H18O2. The summed E-state index contributed by atoms with van der Waals surface area (Å²) in [5, 5.41) is 0. The average molecular weight is 194 g/mol. The van der Waals surface area contributed by atoms with E-state index in [1.165, 1.54) is 0 Å². The first-order valence-corrected chi connectivity index (χ1v) is 5.35. The fourth-order valence-electron chi connectivity index (χ4n) is 3.57. The van der Waals surface area contributed by atoms with Crippen LogP contribution in [0.4, 0.5) is 0 Å². The van der Waals surface area contributed by atoms with Crippen molar-refractivity contribution in [1.82, 2.24) is 0 Å². The van der Waals surface area contributed by atoms with Crippen LogP contribution in [0.25, 0.3) is 0 Å². The molecule has 0 bridgehead atoms. The zero-order valence-corrected chi connectivity index (χ0v) is 9.39. The van der Waals surface area contributed by atoms with E-state index in [0.717, 1.165) is 6.42 Å². The fourth-order valence-corrected chi connectivity index (χ4v) is 3.57. The highest BCUT2D eigenvalue weighted by molar-refractivity contribution is 5.99. The quantitative estimate of drug-likeness (QED) is 0.641. The van der Waals surface area contributed by atoms with E-state index in [1.807, 2.05) is 6.92 Å². The second-order valence-corrected chi connectivity index (χ2v) is 5.85. The first-order valence-electron chi connectivity index (χ1n) is 5.35. The van der Waals surface area contributed by atoms with Gasteiger partial charge in [-0.2, -0.15) is 0 Å². The third-order valence-electron chi connectivity index (χ3n) is 4.18. The van der Waals surface area contributed by atoms with E-state index in [4.69, 9.17) is 0 Å². The van der Waals surface area contributed by atoms with Crippen LogP contribution in [-0.2, 0) is 9.59 Å². The fraction of sp³-hybridized carbons (Fsp3) is 0.833. The summed E-state index contributed by atoms with van der Waals surface area (Å²) in [6, 6.07) is 0. The van der Waals surface area contributed by atoms with Crippen molar-refractivity contribution in [3.05, 3.63) is 0 Å². The predicted molar refractivity (Wildman–Crippen MR) is 53.8 cm³/mol. The molecule has 0 amide bonds. The zero-order valence-electron chi connectivity index (χ0n) is 9.39. The highest BCUT2D eigenvalue weighted by Gasteiger charge is 2.71. The molecule has 2 aliphatic carbocycles. The molecule has 0 spiro atoms. The minimum atomic E-state index is -0.279. The predicted octanol–water partition coefficient (Wildman–Crippen LogP) is 2.22. The molecule has 2 fully saturated rings. The maximum atomic E-state index is 11.8. The van der Waals surface area contributed by atoms with Crippen molar-refractivity contribution in [3.8, 4) is 0 Å². The molecule has 2 rings (SSSR count). The molecule has 2 aliphatic rings. The van der Waals surface area contributed by atoms with E-state index in [-0.39, 0.29) is 28.4 Å². The van der Waals surface area contributed by atoms with Crippen LogP contribution in [0.2, 0.25) is 0 Å². The second-order valence-electron chi connectivity index (χ2n) is 5.85. The van der Waals surface area contributed by atoms with Gasteiger partial charge < -0.3 is 0 Å². The summed E-state index contributed by atoms with van der Waals surface area (Å²) in [5.41, 5.74) is -0.261. The van der Waals surface area contributed by atoms with Gasteiger partial charge in [0.1, 0.15) is 11.6 Å². The van der Waals surface area contributed by atoms with E-state index >= 15 is 0 Å². The van der Waals surface area contributed by atoms with Crippen LogP contribution < -0.4 is 0 Å². The minimum Gasteiger partial charge on any atom is -0.299 e. The van der Waals surface area contributed by atoms with Gasteiger partial charge in [0.2, 0.25) is 0 Å². The first kappa shape index (κ1) is 9.88. The summed E-state index contributed by atoms with van der Waals surface area (Å²) in [6.07, 6.45) is 1.55. The molecule has 0 radical (unpaired) electrons. The van der Waals surface area contributed by atoms with Gasteiger partial charge in [-0.05, 0) is 24.7 Å². The normalized spacial score (nSPS) is 44.4. The lowest BCUT2D eigenvalue weighted by atomic mass is 9.70. The van der Waals surface area contributed by atoms with Crippen molar-refractivity contribution in [2.45, 2.75) is 40.5 Å². The van der Waals surface area contributed by atoms with E-state index in [0.29, 0.717) is 12.2 Å². The SMILES string of the molecule is CC(=O)C12CC(C)(C)CC(=O)C1C2C. The summed E-state index contributed by atoms with van der Waals surface area (Å²) in [7, 11) is 0. The Kier molecular flexibility index (Phi) is 1.74. The molecule has 0 saturated heterocycles. The Balaban J connectivity index is 2.36. The molecule has 0 heterocycles. The van der Waals surface area contributed by atoms with Gasteiger partial charge in [-0.3, -0.25) is 9.59 Å². The molecule has 0 aromatic carbocycles. The Morgan fingerprint density at radius 2 is 2.00 bits per heavy atom. The van der Waals surface area contributed by atoms with Crippen LogP contribution in [0.5, 0.6) is 0 Å². The molecule has 78 valence electrons. The van der Waals surface area contributed by atoms with Crippen LogP contribution in [0.1, 0.15) is 40.5 Å². The number of carbonyl (C=O) groups excluding carboxylic acids is 2. The molecule has 0 aromatic heterocycles. The minimum absolute atomic E-state index is 0.0179. The average Bonchev–Trinajstić information content (AvgIpc) is 2.55. The topological polar surface area (TPSA) is 34.1 Å². The van der Waals surface area contributed by atoms with Gasteiger partial charge in [0.05, 0.1) is 0 Å². The molecular weight excluding hydrogens is 176 g/mol. The highest BCUT2D eigenvalue weighted by atomic mass is 16.1. The summed E-state index contributed by atoms with van der Waals surface area (Å²) in [6.45, 7) is 7.88. The van der Waals surface area contributed by atoms with Gasteiger partial charge in [0.25, 0.3) is 0 Å². The number of carbonyl (C=O) groups is 2. The molecule has 0 aromatic rings. The number of Topliss-reactive ketones (excluding diaryl/α,β-unsaturated/α-hetero) is 2. The summed E-state index contributed by atoms with van der Waals surface area (Å²) < 4.78 is 0. The Bertz CT molecular complexity index is 316. The van der Waals surface area contributed by atoms with Crippen molar-refractivity contribution in [2.75, 3.05) is 0 Å². The molecule has 0 N–H and O–H groups in total. The number of fused-ring (bicyclic) bond motifs is 1. The van der Waals surface area contributed by atoms with Crippen molar-refractivity contribution in [2.24, 2.45) is 22.7 Å². The molecule has 2 saturated carbocycles. The Hall–Kier alpha value is -0.660. The van der Waals surface area contributed by atoms with Gasteiger partial charge in [0.15, 0.2) is 0 Å². The van der Waals surface area contributed by atoms with Gasteiger partial charge in [-0.15, -0.1) is 0 Å². The van der Waals surface area contributed by atoms with Crippen molar-refractivity contribution in [1.29, 1.82) is 0 Å². The summed E-state index contributed by atoms with van der Waals surface area (Å²) >= 11 is 0. The number of rotatable bonds is 1. The number of hydrogen-bond donors (Lipinski definition) is 0. The third-order valence-corrected chi connectivity index (χ3v) is 4.18. The van der Waals surface area contributed by atoms with Crippen LogP contribution >= 0.6 is 0 Å². The van der Waals surface area contributed by atoms with Gasteiger partial charge in [0, 0.05) is 17.8 Å². The van der Waals surface area contributed by atoms with Crippen LogP contribution in [0.3, 0.4) is 0 Å². The molecule has 0 aliphatic heterocycles.